The largest absolute Gasteiger partial charge is 0.356 e. The van der Waals surface area contributed by atoms with Crippen molar-refractivity contribution in [1.29, 1.82) is 0 Å². The van der Waals surface area contributed by atoms with Gasteiger partial charge in [-0.25, -0.2) is 0 Å². The van der Waals surface area contributed by atoms with Gasteiger partial charge in [0.15, 0.2) is 5.11 Å². The maximum atomic E-state index is 5.65. The molecule has 3 fully saturated rings. The van der Waals surface area contributed by atoms with Gasteiger partial charge < -0.3 is 15.5 Å². The number of aryl methyl sites for hydroxylation is 1. The van der Waals surface area contributed by atoms with Crippen LogP contribution in [0.4, 0.5) is 5.69 Å². The second-order valence-corrected chi connectivity index (χ2v) is 7.95. The number of fused-ring (bicyclic) bond motifs is 3. The van der Waals surface area contributed by atoms with Crippen molar-refractivity contribution in [3.05, 3.63) is 28.2 Å². The Hall–Kier alpha value is -1.09. The topological polar surface area (TPSA) is 28.5 Å². The van der Waals surface area contributed by atoms with Crippen LogP contribution in [0.5, 0.6) is 0 Å². The molecule has 0 spiro atoms. The van der Waals surface area contributed by atoms with Crippen LogP contribution in [0, 0.1) is 31.1 Å². The van der Waals surface area contributed by atoms with E-state index in [1.54, 1.807) is 4.90 Å². The van der Waals surface area contributed by atoms with Gasteiger partial charge >= 0.3 is 0 Å². The van der Waals surface area contributed by atoms with Crippen LogP contribution >= 0.6 is 28.1 Å². The first-order valence-corrected chi connectivity index (χ1v) is 9.38. The monoisotopic (exact) mass is 392 g/mol. The molecule has 0 saturated carbocycles. The van der Waals surface area contributed by atoms with E-state index in [1.807, 2.05) is 6.07 Å². The number of piperidine rings is 3. The van der Waals surface area contributed by atoms with Crippen LogP contribution in [-0.2, 0) is 0 Å². The maximum Gasteiger partial charge on any atom is 0.171 e. The van der Waals surface area contributed by atoms with Crippen molar-refractivity contribution in [3.63, 3.8) is 0 Å². The van der Waals surface area contributed by atoms with Crippen LogP contribution in [0.25, 0.3) is 0 Å². The van der Waals surface area contributed by atoms with Crippen LogP contribution in [0.15, 0.2) is 22.7 Å². The van der Waals surface area contributed by atoms with Crippen molar-refractivity contribution in [1.82, 2.24) is 5.32 Å². The SMILES string of the molecule is C#C[C@H]1C[NH+]2CC[C@H]1C[C@@H]2CNC(=S)Nc1ccc(C)cc1Br. The molecule has 1 unspecified atom stereocenters. The summed E-state index contributed by atoms with van der Waals surface area (Å²) in [6.45, 7) is 5.36. The van der Waals surface area contributed by atoms with Gasteiger partial charge in [-0.15, -0.1) is 6.42 Å². The molecule has 0 amide bonds. The molecule has 3 aliphatic heterocycles. The van der Waals surface area contributed by atoms with Gasteiger partial charge in [0.1, 0.15) is 6.04 Å². The first kappa shape index (κ1) is 16.8. The number of nitrogens with one attached hydrogen (secondary N) is 3. The maximum absolute atomic E-state index is 5.65. The van der Waals surface area contributed by atoms with E-state index in [1.165, 1.54) is 24.9 Å². The van der Waals surface area contributed by atoms with Crippen LogP contribution in [0.3, 0.4) is 0 Å². The molecule has 3 nitrogen and oxygen atoms in total. The fourth-order valence-electron chi connectivity index (χ4n) is 3.83. The number of hydrogen-bond acceptors (Lipinski definition) is 1. The molecule has 3 aliphatic rings. The molecular weight excluding hydrogens is 370 g/mol. The lowest BCUT2D eigenvalue weighted by Gasteiger charge is -2.45. The third kappa shape index (κ3) is 3.88. The van der Waals surface area contributed by atoms with Gasteiger partial charge in [-0.2, -0.15) is 0 Å². The first-order valence-electron chi connectivity index (χ1n) is 8.18. The number of quaternary nitrogens is 1. The third-order valence-corrected chi connectivity index (χ3v) is 6.05. The highest BCUT2D eigenvalue weighted by atomic mass is 79.9. The lowest BCUT2D eigenvalue weighted by molar-refractivity contribution is -0.943. The quantitative estimate of drug-likeness (QED) is 0.542. The molecule has 0 aliphatic carbocycles. The molecule has 2 bridgehead atoms. The predicted molar refractivity (Wildman–Crippen MR) is 103 cm³/mol. The Morgan fingerprint density at radius 1 is 1.52 bits per heavy atom. The summed E-state index contributed by atoms with van der Waals surface area (Å²) in [5, 5.41) is 7.35. The summed E-state index contributed by atoms with van der Waals surface area (Å²) in [5.74, 6) is 4.16. The fraction of sp³-hybridized carbons (Fsp3) is 0.500. The van der Waals surface area contributed by atoms with Gasteiger partial charge in [0, 0.05) is 17.3 Å². The molecule has 4 atom stereocenters. The summed E-state index contributed by atoms with van der Waals surface area (Å²) in [4.78, 5) is 1.64. The summed E-state index contributed by atoms with van der Waals surface area (Å²) >= 11 is 9.02. The number of thiocarbonyl (C=S) groups is 1. The molecule has 4 rings (SSSR count). The number of hydrogen-bond donors (Lipinski definition) is 3. The van der Waals surface area contributed by atoms with Crippen molar-refractivity contribution < 1.29 is 4.90 Å². The smallest absolute Gasteiger partial charge is 0.171 e. The van der Waals surface area contributed by atoms with Gasteiger partial charge in [-0.3, -0.25) is 0 Å². The molecule has 0 radical (unpaired) electrons. The normalized spacial score (nSPS) is 28.9. The number of benzene rings is 1. The Balaban J connectivity index is 1.51. The van der Waals surface area contributed by atoms with Crippen molar-refractivity contribution in [3.8, 4) is 12.3 Å². The third-order valence-electron chi connectivity index (χ3n) is 5.15. The predicted octanol–water partition coefficient (Wildman–Crippen LogP) is 1.97. The molecule has 1 aromatic rings. The fourth-order valence-corrected chi connectivity index (χ4v) is 4.62. The standard InChI is InChI=1S/C18H22BrN3S/c1-3-13-11-22-7-6-14(13)9-15(22)10-20-18(23)21-17-5-4-12(2)8-16(17)19/h1,4-5,8,13-15H,6-7,9-11H2,2H3,(H2,20,21,23)/p+1/t13-,14-,15+/m0/s1. The average Bonchev–Trinajstić information content (AvgIpc) is 2.56. The van der Waals surface area contributed by atoms with E-state index in [9.17, 15) is 0 Å². The molecule has 23 heavy (non-hydrogen) atoms. The summed E-state index contributed by atoms with van der Waals surface area (Å²) in [5.41, 5.74) is 2.22. The van der Waals surface area contributed by atoms with E-state index in [-0.39, 0.29) is 0 Å². The summed E-state index contributed by atoms with van der Waals surface area (Å²) < 4.78 is 1.03. The minimum absolute atomic E-state index is 0.476. The van der Waals surface area contributed by atoms with Gasteiger partial charge in [-0.1, -0.05) is 12.0 Å². The molecule has 5 heteroatoms. The Bertz CT molecular complexity index is 640. The first-order chi connectivity index (χ1) is 11.1. The Kier molecular flexibility index (Phi) is 5.25. The van der Waals surface area contributed by atoms with E-state index in [2.05, 4.69) is 51.5 Å². The van der Waals surface area contributed by atoms with Gasteiger partial charge in [0.25, 0.3) is 0 Å². The van der Waals surface area contributed by atoms with Crippen LogP contribution in [0.2, 0.25) is 0 Å². The van der Waals surface area contributed by atoms with Crippen LogP contribution < -0.4 is 15.5 Å². The zero-order valence-electron chi connectivity index (χ0n) is 13.4. The second kappa shape index (κ2) is 7.21. The van der Waals surface area contributed by atoms with E-state index in [4.69, 9.17) is 18.6 Å². The highest BCUT2D eigenvalue weighted by Crippen LogP contribution is 2.26. The molecule has 0 aromatic heterocycles. The summed E-state index contributed by atoms with van der Waals surface area (Å²) in [6.07, 6.45) is 8.15. The zero-order valence-corrected chi connectivity index (χ0v) is 15.8. The number of anilines is 1. The van der Waals surface area contributed by atoms with E-state index < -0.39 is 0 Å². The number of halogens is 1. The Morgan fingerprint density at radius 2 is 2.35 bits per heavy atom. The molecule has 3 N–H and O–H groups in total. The Morgan fingerprint density at radius 3 is 3.00 bits per heavy atom. The second-order valence-electron chi connectivity index (χ2n) is 6.69. The van der Waals surface area contributed by atoms with Crippen molar-refractivity contribution in [2.45, 2.75) is 25.8 Å². The molecular formula is C18H23BrN3S+. The summed E-state index contributed by atoms with van der Waals surface area (Å²) in [6, 6.07) is 6.83. The minimum atomic E-state index is 0.476. The van der Waals surface area contributed by atoms with Gasteiger partial charge in [-0.05, 0) is 58.7 Å². The van der Waals surface area contributed by atoms with Crippen molar-refractivity contribution >= 4 is 38.9 Å². The molecule has 3 heterocycles. The van der Waals surface area contributed by atoms with E-state index >= 15 is 0 Å². The molecule has 122 valence electrons. The number of rotatable bonds is 3. The Labute approximate surface area is 152 Å². The highest BCUT2D eigenvalue weighted by molar-refractivity contribution is 9.10. The molecule has 3 saturated heterocycles. The van der Waals surface area contributed by atoms with E-state index in [0.29, 0.717) is 23.0 Å². The van der Waals surface area contributed by atoms with E-state index in [0.717, 1.165) is 23.2 Å². The lowest BCUT2D eigenvalue weighted by Crippen LogP contribution is -3.20. The van der Waals surface area contributed by atoms with Crippen molar-refractivity contribution in [2.24, 2.45) is 11.8 Å². The van der Waals surface area contributed by atoms with Crippen LogP contribution in [0.1, 0.15) is 18.4 Å². The minimum Gasteiger partial charge on any atom is -0.356 e. The zero-order chi connectivity index (χ0) is 16.4. The highest BCUT2D eigenvalue weighted by Gasteiger charge is 2.42. The lowest BCUT2D eigenvalue weighted by atomic mass is 9.76. The van der Waals surface area contributed by atoms with Gasteiger partial charge in [0.05, 0.1) is 31.2 Å². The molecule has 1 aromatic carbocycles. The average molecular weight is 393 g/mol. The van der Waals surface area contributed by atoms with Gasteiger partial charge in [0.2, 0.25) is 0 Å². The van der Waals surface area contributed by atoms with Crippen LogP contribution in [-0.4, -0.2) is 30.8 Å². The summed E-state index contributed by atoms with van der Waals surface area (Å²) in [7, 11) is 0. The van der Waals surface area contributed by atoms with Crippen molar-refractivity contribution in [2.75, 3.05) is 25.0 Å². The number of terminal acetylenes is 1.